The summed E-state index contributed by atoms with van der Waals surface area (Å²) in [6.07, 6.45) is 17.5. The number of aromatic amines is 2. The lowest BCUT2D eigenvalue weighted by Gasteiger charge is -2.24. The van der Waals surface area contributed by atoms with Crippen molar-refractivity contribution in [2.45, 2.75) is 19.3 Å². The number of pyridine rings is 2. The quantitative estimate of drug-likeness (QED) is 0.265. The van der Waals surface area contributed by atoms with Crippen LogP contribution in [0, 0.1) is 5.92 Å². The second-order valence-electron chi connectivity index (χ2n) is 9.35. The highest BCUT2D eigenvalue weighted by Gasteiger charge is 2.25. The number of fused-ring (bicyclic) bond motifs is 2. The Bertz CT molecular complexity index is 1740. The molecule has 37 heavy (non-hydrogen) atoms. The van der Waals surface area contributed by atoms with Gasteiger partial charge in [-0.15, -0.1) is 5.73 Å². The standard InChI is InChI=1S/C29H22N6O2/c36-29(17-4-3-5-17)32-21-10-19(13-30-15-21)20-11-24-27(34-35-28(24)31-14-20)26-12-23-22(18-8-9-37-16-18)6-1-2-7-25(23)33-26/h1,6-17,33H,3-5H2,(H,32,36)(H,31,34,35). The zero-order chi connectivity index (χ0) is 24.8. The summed E-state index contributed by atoms with van der Waals surface area (Å²) in [6.45, 7) is 0. The van der Waals surface area contributed by atoms with E-state index < -0.39 is 0 Å². The van der Waals surface area contributed by atoms with Crippen LogP contribution in [0.5, 0.6) is 0 Å². The molecule has 3 N–H and O–H groups in total. The zero-order valence-electron chi connectivity index (χ0n) is 19.8. The van der Waals surface area contributed by atoms with Crippen LogP contribution >= 0.6 is 0 Å². The minimum atomic E-state index is 0.0649. The second-order valence-corrected chi connectivity index (χ2v) is 9.35. The van der Waals surface area contributed by atoms with Crippen LogP contribution in [-0.4, -0.2) is 31.1 Å². The van der Waals surface area contributed by atoms with Gasteiger partial charge in [0.1, 0.15) is 5.69 Å². The minimum absolute atomic E-state index is 0.0649. The molecule has 180 valence electrons. The summed E-state index contributed by atoms with van der Waals surface area (Å²) >= 11 is 0. The third-order valence-electron chi connectivity index (χ3n) is 7.03. The number of allylic oxidation sites excluding steroid dienone is 2. The van der Waals surface area contributed by atoms with Crippen LogP contribution < -0.4 is 5.32 Å². The molecule has 1 saturated carbocycles. The number of hydrogen-bond acceptors (Lipinski definition) is 5. The third kappa shape index (κ3) is 3.80. The molecule has 2 aliphatic rings. The van der Waals surface area contributed by atoms with Gasteiger partial charge in [0.25, 0.3) is 0 Å². The molecule has 7 rings (SSSR count). The topological polar surface area (TPSA) is 112 Å². The first-order chi connectivity index (χ1) is 18.2. The number of carbonyl (C=O) groups excluding carboxylic acids is 1. The van der Waals surface area contributed by atoms with Gasteiger partial charge < -0.3 is 14.7 Å². The average molecular weight is 487 g/mol. The normalized spacial score (nSPS) is 14.8. The molecule has 8 nitrogen and oxygen atoms in total. The van der Waals surface area contributed by atoms with Crippen LogP contribution in [0.1, 0.15) is 36.1 Å². The number of H-pyrrole nitrogens is 2. The van der Waals surface area contributed by atoms with E-state index >= 15 is 0 Å². The average Bonchev–Trinajstić information content (AvgIpc) is 3.61. The molecule has 0 bridgehead atoms. The van der Waals surface area contributed by atoms with Crippen LogP contribution in [-0.2, 0) is 4.79 Å². The van der Waals surface area contributed by atoms with Gasteiger partial charge in [0.2, 0.25) is 5.91 Å². The number of anilines is 1. The first-order valence-electron chi connectivity index (χ1n) is 12.2. The van der Waals surface area contributed by atoms with E-state index in [-0.39, 0.29) is 11.8 Å². The van der Waals surface area contributed by atoms with Crippen LogP contribution in [0.4, 0.5) is 5.69 Å². The number of furan rings is 1. The number of nitrogens with zero attached hydrogens (tertiary/aromatic N) is 3. The molecule has 0 atom stereocenters. The van der Waals surface area contributed by atoms with E-state index in [2.05, 4.69) is 42.3 Å². The number of hydrogen-bond donors (Lipinski definition) is 3. The Morgan fingerprint density at radius 2 is 2.03 bits per heavy atom. The molecule has 0 radical (unpaired) electrons. The number of amides is 1. The highest BCUT2D eigenvalue weighted by Crippen LogP contribution is 2.35. The van der Waals surface area contributed by atoms with E-state index in [1.54, 1.807) is 31.1 Å². The summed E-state index contributed by atoms with van der Waals surface area (Å²) in [7, 11) is 0. The molecule has 5 aromatic heterocycles. The summed E-state index contributed by atoms with van der Waals surface area (Å²) in [5.74, 6) is 0.176. The van der Waals surface area contributed by atoms with Crippen LogP contribution in [0.25, 0.3) is 45.2 Å². The summed E-state index contributed by atoms with van der Waals surface area (Å²) in [5, 5.41) is 11.5. The number of aromatic nitrogens is 5. The predicted molar refractivity (Wildman–Crippen MR) is 141 cm³/mol. The van der Waals surface area contributed by atoms with Crippen molar-refractivity contribution >= 4 is 34.3 Å². The van der Waals surface area contributed by atoms with E-state index in [1.807, 2.05) is 36.4 Å². The zero-order valence-corrected chi connectivity index (χ0v) is 19.8. The minimum Gasteiger partial charge on any atom is -0.472 e. The van der Waals surface area contributed by atoms with Gasteiger partial charge in [-0.05, 0) is 54.8 Å². The Balaban J connectivity index is 1.25. The molecule has 0 aromatic carbocycles. The Morgan fingerprint density at radius 3 is 2.86 bits per heavy atom. The SMILES string of the molecule is O=C(Nc1cncc(-c2cnc3[nH]nc(-c4cc5c([nH]4)C=C=CC=C5c4ccoc4)c3c2)c1)C1CCC1. The molecule has 1 fully saturated rings. The van der Waals surface area contributed by atoms with E-state index in [1.165, 1.54) is 0 Å². The molecule has 5 heterocycles. The maximum atomic E-state index is 12.4. The van der Waals surface area contributed by atoms with Gasteiger partial charge in [-0.1, -0.05) is 6.42 Å². The van der Waals surface area contributed by atoms with Crippen molar-refractivity contribution in [1.82, 2.24) is 25.1 Å². The van der Waals surface area contributed by atoms with Gasteiger partial charge in [-0.2, -0.15) is 5.10 Å². The van der Waals surface area contributed by atoms with Crippen molar-refractivity contribution in [3.05, 3.63) is 90.1 Å². The highest BCUT2D eigenvalue weighted by molar-refractivity contribution is 5.96. The van der Waals surface area contributed by atoms with Crippen molar-refractivity contribution in [2.75, 3.05) is 5.32 Å². The summed E-state index contributed by atoms with van der Waals surface area (Å²) in [5.41, 5.74) is 12.0. The number of rotatable bonds is 5. The van der Waals surface area contributed by atoms with Gasteiger partial charge in [0.05, 0.1) is 35.8 Å². The Hall–Kier alpha value is -4.94. The summed E-state index contributed by atoms with van der Waals surface area (Å²) in [6, 6.07) is 8.01. The maximum Gasteiger partial charge on any atom is 0.227 e. The van der Waals surface area contributed by atoms with Gasteiger partial charge in [-0.25, -0.2) is 4.98 Å². The molecule has 0 spiro atoms. The van der Waals surface area contributed by atoms with E-state index in [9.17, 15) is 4.79 Å². The molecule has 2 aliphatic carbocycles. The lowest BCUT2D eigenvalue weighted by Crippen LogP contribution is -2.28. The van der Waals surface area contributed by atoms with Gasteiger partial charge >= 0.3 is 0 Å². The molecule has 0 aliphatic heterocycles. The molecule has 0 unspecified atom stereocenters. The second kappa shape index (κ2) is 8.62. The monoisotopic (exact) mass is 486 g/mol. The van der Waals surface area contributed by atoms with Crippen molar-refractivity contribution in [3.63, 3.8) is 0 Å². The van der Waals surface area contributed by atoms with E-state index in [0.717, 1.165) is 69.6 Å². The maximum absolute atomic E-state index is 12.4. The fraction of sp³-hybridized carbons (Fsp3) is 0.138. The highest BCUT2D eigenvalue weighted by atomic mass is 16.3. The predicted octanol–water partition coefficient (Wildman–Crippen LogP) is 5.96. The first-order valence-corrected chi connectivity index (χ1v) is 12.2. The number of nitrogens with one attached hydrogen (secondary N) is 3. The van der Waals surface area contributed by atoms with Gasteiger partial charge in [0.15, 0.2) is 5.65 Å². The molecular formula is C29H22N6O2. The largest absolute Gasteiger partial charge is 0.472 e. The van der Waals surface area contributed by atoms with Crippen molar-refractivity contribution in [2.24, 2.45) is 5.92 Å². The fourth-order valence-electron chi connectivity index (χ4n) is 4.80. The molecule has 5 aromatic rings. The van der Waals surface area contributed by atoms with Crippen LogP contribution in [0.2, 0.25) is 0 Å². The van der Waals surface area contributed by atoms with Crippen molar-refractivity contribution in [3.8, 4) is 22.5 Å². The van der Waals surface area contributed by atoms with E-state index in [4.69, 9.17) is 4.42 Å². The number of carbonyl (C=O) groups is 1. The van der Waals surface area contributed by atoms with Gasteiger partial charge in [0, 0.05) is 52.0 Å². The lowest BCUT2D eigenvalue weighted by atomic mass is 9.85. The lowest BCUT2D eigenvalue weighted by molar-refractivity contribution is -0.122. The Morgan fingerprint density at radius 1 is 1.11 bits per heavy atom. The summed E-state index contributed by atoms with van der Waals surface area (Å²) in [4.78, 5) is 24.8. The van der Waals surface area contributed by atoms with Gasteiger partial charge in [-0.3, -0.25) is 14.9 Å². The van der Waals surface area contributed by atoms with E-state index in [0.29, 0.717) is 11.3 Å². The fourth-order valence-corrected chi connectivity index (χ4v) is 4.80. The van der Waals surface area contributed by atoms with Crippen molar-refractivity contribution in [1.29, 1.82) is 0 Å². The van der Waals surface area contributed by atoms with Crippen molar-refractivity contribution < 1.29 is 9.21 Å². The molecular weight excluding hydrogens is 464 g/mol. The smallest absolute Gasteiger partial charge is 0.227 e. The molecule has 8 heteroatoms. The Labute approximate surface area is 211 Å². The molecule has 1 amide bonds. The molecule has 0 saturated heterocycles. The summed E-state index contributed by atoms with van der Waals surface area (Å²) < 4.78 is 5.32. The van der Waals surface area contributed by atoms with Crippen LogP contribution in [0.3, 0.4) is 0 Å². The Kier molecular flexibility index (Phi) is 4.97. The third-order valence-corrected chi connectivity index (χ3v) is 7.03. The van der Waals surface area contributed by atoms with Crippen LogP contribution in [0.15, 0.2) is 77.7 Å². The first kappa shape index (κ1) is 21.4.